The molecule has 0 radical (unpaired) electrons. The van der Waals surface area contributed by atoms with Crippen molar-refractivity contribution in [3.05, 3.63) is 98.0 Å². The van der Waals surface area contributed by atoms with Crippen molar-refractivity contribution in [2.24, 2.45) is 5.10 Å². The van der Waals surface area contributed by atoms with Crippen molar-refractivity contribution in [1.29, 1.82) is 0 Å². The van der Waals surface area contributed by atoms with Gasteiger partial charge in [0.15, 0.2) is 0 Å². The Balaban J connectivity index is 1.86. The summed E-state index contributed by atoms with van der Waals surface area (Å²) in [5.74, 6) is -0.156. The number of hydrogen-bond acceptors (Lipinski definition) is 4. The Kier molecular flexibility index (Phi) is 9.53. The van der Waals surface area contributed by atoms with Crippen molar-refractivity contribution >= 4 is 45.3 Å². The highest BCUT2D eigenvalue weighted by atomic mass is 35.5. The van der Waals surface area contributed by atoms with Crippen LogP contribution in [0.3, 0.4) is 0 Å². The van der Waals surface area contributed by atoms with Crippen molar-refractivity contribution in [1.82, 2.24) is 9.73 Å². The first kappa shape index (κ1) is 28.9. The van der Waals surface area contributed by atoms with Crippen LogP contribution in [0.15, 0.2) is 64.6 Å². The third-order valence-corrected chi connectivity index (χ3v) is 8.71. The van der Waals surface area contributed by atoms with E-state index >= 15 is 0 Å². The average molecular weight is 561 g/mol. The lowest BCUT2D eigenvalue weighted by Crippen LogP contribution is -2.39. The lowest BCUT2D eigenvalue weighted by molar-refractivity contribution is -0.121. The molecule has 0 heterocycles. The zero-order valence-corrected chi connectivity index (χ0v) is 23.9. The van der Waals surface area contributed by atoms with Crippen LogP contribution in [-0.4, -0.2) is 31.4 Å². The fourth-order valence-corrected chi connectivity index (χ4v) is 6.23. The lowest BCUT2D eigenvalue weighted by atomic mass is 10.0. The van der Waals surface area contributed by atoms with E-state index in [1.165, 1.54) is 11.8 Å². The maximum Gasteiger partial charge on any atom is 0.255 e. The van der Waals surface area contributed by atoms with Gasteiger partial charge in [0.25, 0.3) is 5.91 Å². The molecule has 0 aliphatic carbocycles. The van der Waals surface area contributed by atoms with Crippen molar-refractivity contribution < 1.29 is 13.2 Å². The van der Waals surface area contributed by atoms with Crippen molar-refractivity contribution in [3.8, 4) is 0 Å². The molecule has 0 aliphatic heterocycles. The first-order valence-electron chi connectivity index (χ1n) is 11.8. The van der Waals surface area contributed by atoms with Gasteiger partial charge < -0.3 is 0 Å². The molecule has 0 spiro atoms. The van der Waals surface area contributed by atoms with Crippen molar-refractivity contribution in [3.63, 3.8) is 0 Å². The topological polar surface area (TPSA) is 78.8 Å². The summed E-state index contributed by atoms with van der Waals surface area (Å²) in [6.07, 6.45) is 1.52. The normalized spacial score (nSPS) is 12.0. The van der Waals surface area contributed by atoms with Gasteiger partial charge in [-0.25, -0.2) is 13.8 Å². The third kappa shape index (κ3) is 7.42. The SMILES string of the molecule is Cc1cc(C)c(S(=O)(=O)N(CC(=O)N/N=C/c2ccc(C(C)C)cc2)Cc2ccc(Cl)c(Cl)c2)c(C)c1. The molecule has 6 nitrogen and oxygen atoms in total. The van der Waals surface area contributed by atoms with E-state index < -0.39 is 22.5 Å². The molecule has 3 aromatic rings. The van der Waals surface area contributed by atoms with E-state index in [9.17, 15) is 13.2 Å². The highest BCUT2D eigenvalue weighted by Crippen LogP contribution is 2.28. The maximum atomic E-state index is 13.8. The first-order chi connectivity index (χ1) is 17.4. The quantitative estimate of drug-likeness (QED) is 0.244. The van der Waals surface area contributed by atoms with Crippen LogP contribution in [0, 0.1) is 20.8 Å². The number of hydrazone groups is 1. The zero-order valence-electron chi connectivity index (χ0n) is 21.5. The van der Waals surface area contributed by atoms with Gasteiger partial charge in [-0.05, 0) is 66.6 Å². The molecule has 196 valence electrons. The van der Waals surface area contributed by atoms with Crippen LogP contribution in [0.25, 0.3) is 0 Å². The van der Waals surface area contributed by atoms with Crippen LogP contribution in [0.4, 0.5) is 0 Å². The average Bonchev–Trinajstić information content (AvgIpc) is 2.80. The number of carbonyl (C=O) groups is 1. The predicted octanol–water partition coefficient (Wildman–Crippen LogP) is 6.38. The van der Waals surface area contributed by atoms with E-state index in [2.05, 4.69) is 24.4 Å². The number of benzene rings is 3. The van der Waals surface area contributed by atoms with Gasteiger partial charge in [-0.1, -0.05) is 85.1 Å². The highest BCUT2D eigenvalue weighted by Gasteiger charge is 2.30. The van der Waals surface area contributed by atoms with E-state index in [1.54, 1.807) is 32.0 Å². The molecule has 37 heavy (non-hydrogen) atoms. The van der Waals surface area contributed by atoms with Gasteiger partial charge in [0.1, 0.15) is 0 Å². The summed E-state index contributed by atoms with van der Waals surface area (Å²) in [5, 5.41) is 4.68. The second-order valence-corrected chi connectivity index (χ2v) is 12.1. The summed E-state index contributed by atoms with van der Waals surface area (Å²) in [6.45, 7) is 9.13. The van der Waals surface area contributed by atoms with Gasteiger partial charge in [0, 0.05) is 6.54 Å². The number of halogens is 2. The molecule has 1 N–H and O–H groups in total. The Morgan fingerprint density at radius 1 is 0.973 bits per heavy atom. The van der Waals surface area contributed by atoms with Crippen LogP contribution >= 0.6 is 23.2 Å². The first-order valence-corrected chi connectivity index (χ1v) is 14.0. The molecule has 3 rings (SSSR count). The fourth-order valence-electron chi connectivity index (χ4n) is 4.11. The fraction of sp³-hybridized carbons (Fsp3) is 0.286. The number of rotatable bonds is 9. The minimum absolute atomic E-state index is 0.0697. The molecule has 0 bridgehead atoms. The molecule has 0 fully saturated rings. The number of hydrogen-bond donors (Lipinski definition) is 1. The Labute approximate surface area is 229 Å². The van der Waals surface area contributed by atoms with E-state index in [1.807, 2.05) is 43.3 Å². The van der Waals surface area contributed by atoms with Gasteiger partial charge in [0.2, 0.25) is 10.0 Å². The molecule has 1 amide bonds. The van der Waals surface area contributed by atoms with Gasteiger partial charge in [-0.15, -0.1) is 0 Å². The summed E-state index contributed by atoms with van der Waals surface area (Å²) in [5.41, 5.74) is 7.24. The van der Waals surface area contributed by atoms with E-state index in [0.29, 0.717) is 32.7 Å². The molecule has 0 aromatic heterocycles. The van der Waals surface area contributed by atoms with Crippen LogP contribution < -0.4 is 5.43 Å². The Bertz CT molecular complexity index is 1400. The third-order valence-electron chi connectivity index (χ3n) is 5.87. The number of nitrogens with one attached hydrogen (secondary N) is 1. The summed E-state index contributed by atoms with van der Waals surface area (Å²) in [7, 11) is -4.04. The smallest absolute Gasteiger partial charge is 0.255 e. The number of sulfonamides is 1. The molecule has 0 aliphatic rings. The molecule has 0 saturated heterocycles. The van der Waals surface area contributed by atoms with Crippen LogP contribution in [-0.2, 0) is 21.4 Å². The van der Waals surface area contributed by atoms with Crippen LogP contribution in [0.2, 0.25) is 10.0 Å². The van der Waals surface area contributed by atoms with Gasteiger partial charge in [-0.2, -0.15) is 9.41 Å². The molecule has 0 unspecified atom stereocenters. The van der Waals surface area contributed by atoms with E-state index in [4.69, 9.17) is 23.2 Å². The Hall–Kier alpha value is -2.71. The summed E-state index contributed by atoms with van der Waals surface area (Å²) in [6, 6.07) is 16.3. The second-order valence-electron chi connectivity index (χ2n) is 9.36. The molecule has 9 heteroatoms. The minimum atomic E-state index is -4.04. The number of aryl methyl sites for hydroxylation is 3. The summed E-state index contributed by atoms with van der Waals surface area (Å²) < 4.78 is 28.7. The van der Waals surface area contributed by atoms with Crippen LogP contribution in [0.5, 0.6) is 0 Å². The van der Waals surface area contributed by atoms with Crippen LogP contribution in [0.1, 0.15) is 53.1 Å². The maximum absolute atomic E-state index is 13.8. The summed E-state index contributed by atoms with van der Waals surface area (Å²) in [4.78, 5) is 13.0. The molecule has 0 saturated carbocycles. The number of amides is 1. The minimum Gasteiger partial charge on any atom is -0.272 e. The summed E-state index contributed by atoms with van der Waals surface area (Å²) >= 11 is 12.2. The van der Waals surface area contributed by atoms with Gasteiger partial charge >= 0.3 is 0 Å². The monoisotopic (exact) mass is 559 g/mol. The van der Waals surface area contributed by atoms with Gasteiger partial charge in [0.05, 0.1) is 27.7 Å². The Morgan fingerprint density at radius 3 is 2.16 bits per heavy atom. The predicted molar refractivity (Wildman–Crippen MR) is 151 cm³/mol. The molecular formula is C28H31Cl2N3O3S. The molecule has 3 aromatic carbocycles. The lowest BCUT2D eigenvalue weighted by Gasteiger charge is -2.24. The number of carbonyl (C=O) groups excluding carboxylic acids is 1. The van der Waals surface area contributed by atoms with Crippen molar-refractivity contribution in [2.75, 3.05) is 6.54 Å². The number of nitrogens with zero attached hydrogens (tertiary/aromatic N) is 2. The highest BCUT2D eigenvalue weighted by molar-refractivity contribution is 7.89. The van der Waals surface area contributed by atoms with Crippen molar-refractivity contribution in [2.45, 2.75) is 52.0 Å². The van der Waals surface area contributed by atoms with E-state index in [-0.39, 0.29) is 11.4 Å². The standard InChI is InChI=1S/C28H31Cl2N3O3S/c1-18(2)24-9-6-22(7-10-24)15-31-32-27(34)17-33(16-23-8-11-25(29)26(30)14-23)37(35,36)28-20(4)12-19(3)13-21(28)5/h6-15,18H,16-17H2,1-5H3,(H,32,34)/b31-15+. The Morgan fingerprint density at radius 2 is 1.59 bits per heavy atom. The largest absolute Gasteiger partial charge is 0.272 e. The zero-order chi connectivity index (χ0) is 27.3. The molecular weight excluding hydrogens is 529 g/mol. The van der Waals surface area contributed by atoms with E-state index in [0.717, 1.165) is 15.4 Å². The van der Waals surface area contributed by atoms with Gasteiger partial charge in [-0.3, -0.25) is 4.79 Å². The second kappa shape index (κ2) is 12.2. The molecule has 0 atom stereocenters.